The van der Waals surface area contributed by atoms with Crippen LogP contribution in [0.5, 0.6) is 11.5 Å². The Labute approximate surface area is 138 Å². The fourth-order valence-corrected chi connectivity index (χ4v) is 3.38. The number of rotatable bonds is 3. The van der Waals surface area contributed by atoms with E-state index in [2.05, 4.69) is 47.1 Å². The van der Waals surface area contributed by atoms with Gasteiger partial charge in [0.1, 0.15) is 13.2 Å². The molecule has 0 fully saturated rings. The van der Waals surface area contributed by atoms with Gasteiger partial charge in [0.05, 0.1) is 5.38 Å². The fraction of sp³-hybridized carbons (Fsp3) is 0.294. The zero-order chi connectivity index (χ0) is 14.8. The van der Waals surface area contributed by atoms with E-state index in [-0.39, 0.29) is 5.38 Å². The highest BCUT2D eigenvalue weighted by atomic mass is 79.9. The molecule has 0 aromatic heterocycles. The van der Waals surface area contributed by atoms with E-state index in [1.807, 2.05) is 12.1 Å². The number of hydrogen-bond acceptors (Lipinski definition) is 2. The second kappa shape index (κ2) is 6.29. The first-order chi connectivity index (χ1) is 10.2. The molecule has 21 heavy (non-hydrogen) atoms. The number of alkyl halides is 1. The third kappa shape index (κ3) is 3.04. The summed E-state index contributed by atoms with van der Waals surface area (Å²) in [6.07, 6.45) is 1.03. The standard InChI is InChI=1S/C17H16BrClO2/c1-2-11-3-5-12(6-4-11)17(19)13-9-15-16(10-14(13)18)21-8-7-20-15/h3-6,9-10,17H,2,7-8H2,1H3. The molecular formula is C17H16BrClO2. The second-order valence-corrected chi connectivity index (χ2v) is 6.27. The van der Waals surface area contributed by atoms with Crippen molar-refractivity contribution >= 4 is 27.5 Å². The van der Waals surface area contributed by atoms with Crippen molar-refractivity contribution in [1.82, 2.24) is 0 Å². The lowest BCUT2D eigenvalue weighted by Gasteiger charge is -2.21. The molecule has 1 unspecified atom stereocenters. The average molecular weight is 368 g/mol. The molecule has 0 radical (unpaired) electrons. The van der Waals surface area contributed by atoms with Gasteiger partial charge in [0, 0.05) is 4.47 Å². The van der Waals surface area contributed by atoms with Gasteiger partial charge in [-0.15, -0.1) is 11.6 Å². The first-order valence-electron chi connectivity index (χ1n) is 7.01. The van der Waals surface area contributed by atoms with Crippen LogP contribution in [0.2, 0.25) is 0 Å². The molecule has 1 aliphatic rings. The highest BCUT2D eigenvalue weighted by Gasteiger charge is 2.20. The van der Waals surface area contributed by atoms with Gasteiger partial charge in [0.2, 0.25) is 0 Å². The van der Waals surface area contributed by atoms with Gasteiger partial charge in [-0.2, -0.15) is 0 Å². The van der Waals surface area contributed by atoms with Gasteiger partial charge < -0.3 is 9.47 Å². The quantitative estimate of drug-likeness (QED) is 0.702. The van der Waals surface area contributed by atoms with Crippen molar-refractivity contribution in [2.45, 2.75) is 18.7 Å². The second-order valence-electron chi connectivity index (χ2n) is 4.98. The van der Waals surface area contributed by atoms with E-state index in [9.17, 15) is 0 Å². The molecule has 110 valence electrons. The molecule has 0 bridgehead atoms. The van der Waals surface area contributed by atoms with E-state index in [0.29, 0.717) is 13.2 Å². The van der Waals surface area contributed by atoms with Crippen LogP contribution in [0.4, 0.5) is 0 Å². The topological polar surface area (TPSA) is 18.5 Å². The first-order valence-corrected chi connectivity index (χ1v) is 8.24. The number of ether oxygens (including phenoxy) is 2. The van der Waals surface area contributed by atoms with E-state index in [0.717, 1.165) is 33.5 Å². The maximum atomic E-state index is 6.65. The summed E-state index contributed by atoms with van der Waals surface area (Å²) in [4.78, 5) is 0. The van der Waals surface area contributed by atoms with Gasteiger partial charge in [-0.05, 0) is 35.2 Å². The lowest BCUT2D eigenvalue weighted by atomic mass is 10.0. The van der Waals surface area contributed by atoms with Gasteiger partial charge in [0.25, 0.3) is 0 Å². The van der Waals surface area contributed by atoms with Crippen LogP contribution in [-0.2, 0) is 6.42 Å². The third-order valence-electron chi connectivity index (χ3n) is 3.62. The summed E-state index contributed by atoms with van der Waals surface area (Å²) >= 11 is 10.2. The first kappa shape index (κ1) is 14.7. The minimum Gasteiger partial charge on any atom is -0.486 e. The van der Waals surface area contributed by atoms with Crippen molar-refractivity contribution < 1.29 is 9.47 Å². The van der Waals surface area contributed by atoms with E-state index >= 15 is 0 Å². The largest absolute Gasteiger partial charge is 0.486 e. The summed E-state index contributed by atoms with van der Waals surface area (Å²) in [7, 11) is 0. The monoisotopic (exact) mass is 366 g/mol. The Morgan fingerprint density at radius 2 is 1.71 bits per heavy atom. The normalized spacial score (nSPS) is 14.8. The predicted octanol–water partition coefficient (Wildman–Crippen LogP) is 5.11. The van der Waals surface area contributed by atoms with Crippen LogP contribution in [0, 0.1) is 0 Å². The Morgan fingerprint density at radius 3 is 2.33 bits per heavy atom. The number of hydrogen-bond donors (Lipinski definition) is 0. The molecule has 0 saturated heterocycles. The number of aryl methyl sites for hydroxylation is 1. The summed E-state index contributed by atoms with van der Waals surface area (Å²) in [5.41, 5.74) is 3.38. The van der Waals surface area contributed by atoms with Crippen molar-refractivity contribution in [3.63, 3.8) is 0 Å². The molecule has 0 aliphatic carbocycles. The van der Waals surface area contributed by atoms with Crippen molar-refractivity contribution in [1.29, 1.82) is 0 Å². The van der Waals surface area contributed by atoms with Gasteiger partial charge in [-0.1, -0.05) is 47.1 Å². The lowest BCUT2D eigenvalue weighted by molar-refractivity contribution is 0.171. The lowest BCUT2D eigenvalue weighted by Crippen LogP contribution is -2.15. The summed E-state index contributed by atoms with van der Waals surface area (Å²) in [5, 5.41) is -0.221. The van der Waals surface area contributed by atoms with Crippen LogP contribution >= 0.6 is 27.5 Å². The molecule has 3 rings (SSSR count). The minimum absolute atomic E-state index is 0.221. The maximum absolute atomic E-state index is 6.65. The summed E-state index contributed by atoms with van der Waals surface area (Å²) in [6, 6.07) is 12.3. The Hall–Kier alpha value is -1.19. The SMILES string of the molecule is CCc1ccc(C(Cl)c2cc3c(cc2Br)OCCO3)cc1. The summed E-state index contributed by atoms with van der Waals surface area (Å²) in [5.74, 6) is 1.53. The zero-order valence-corrected chi connectivity index (χ0v) is 14.1. The molecular weight excluding hydrogens is 352 g/mol. The maximum Gasteiger partial charge on any atom is 0.162 e. The molecule has 2 aromatic carbocycles. The van der Waals surface area contributed by atoms with Crippen LogP contribution in [0.3, 0.4) is 0 Å². The molecule has 0 spiro atoms. The van der Waals surface area contributed by atoms with Crippen LogP contribution in [0.15, 0.2) is 40.9 Å². The summed E-state index contributed by atoms with van der Waals surface area (Å²) in [6.45, 7) is 3.30. The zero-order valence-electron chi connectivity index (χ0n) is 11.7. The Balaban J connectivity index is 1.94. The van der Waals surface area contributed by atoms with Crippen molar-refractivity contribution in [2.75, 3.05) is 13.2 Å². The fourth-order valence-electron chi connectivity index (χ4n) is 2.38. The Bertz CT molecular complexity index is 640. The summed E-state index contributed by atoms with van der Waals surface area (Å²) < 4.78 is 12.2. The van der Waals surface area contributed by atoms with Gasteiger partial charge in [-0.25, -0.2) is 0 Å². The van der Waals surface area contributed by atoms with Crippen molar-refractivity contribution in [3.05, 3.63) is 57.6 Å². The van der Waals surface area contributed by atoms with E-state index in [1.54, 1.807) is 0 Å². The molecule has 2 nitrogen and oxygen atoms in total. The highest BCUT2D eigenvalue weighted by Crippen LogP contribution is 2.41. The molecule has 0 amide bonds. The van der Waals surface area contributed by atoms with E-state index < -0.39 is 0 Å². The van der Waals surface area contributed by atoms with Gasteiger partial charge in [0.15, 0.2) is 11.5 Å². The number of halogens is 2. The van der Waals surface area contributed by atoms with Crippen LogP contribution in [-0.4, -0.2) is 13.2 Å². The highest BCUT2D eigenvalue weighted by molar-refractivity contribution is 9.10. The molecule has 4 heteroatoms. The molecule has 2 aromatic rings. The number of fused-ring (bicyclic) bond motifs is 1. The van der Waals surface area contributed by atoms with Crippen LogP contribution in [0.25, 0.3) is 0 Å². The molecule has 1 heterocycles. The van der Waals surface area contributed by atoms with Gasteiger partial charge >= 0.3 is 0 Å². The molecule has 1 aliphatic heterocycles. The smallest absolute Gasteiger partial charge is 0.162 e. The molecule has 1 atom stereocenters. The van der Waals surface area contributed by atoms with Crippen molar-refractivity contribution in [2.24, 2.45) is 0 Å². The predicted molar refractivity (Wildman–Crippen MR) is 88.6 cm³/mol. The number of benzene rings is 2. The molecule has 0 saturated carbocycles. The Morgan fingerprint density at radius 1 is 1.10 bits per heavy atom. The van der Waals surface area contributed by atoms with E-state index in [1.165, 1.54) is 5.56 Å². The van der Waals surface area contributed by atoms with Crippen LogP contribution < -0.4 is 9.47 Å². The van der Waals surface area contributed by atoms with Gasteiger partial charge in [-0.3, -0.25) is 0 Å². The van der Waals surface area contributed by atoms with E-state index in [4.69, 9.17) is 21.1 Å². The van der Waals surface area contributed by atoms with Crippen LogP contribution in [0.1, 0.15) is 29.0 Å². The minimum atomic E-state index is -0.221. The van der Waals surface area contributed by atoms with Crippen molar-refractivity contribution in [3.8, 4) is 11.5 Å². The third-order valence-corrected chi connectivity index (χ3v) is 4.79. The Kier molecular flexibility index (Phi) is 4.41. The average Bonchev–Trinajstić information content (AvgIpc) is 2.53. The molecule has 0 N–H and O–H groups in total.